The number of carbonyl (C=O) groups excluding carboxylic acids is 1. The molecule has 2 aromatic rings. The van der Waals surface area contributed by atoms with E-state index in [-0.39, 0.29) is 5.91 Å². The molecule has 0 saturated heterocycles. The molecule has 2 rings (SSSR count). The molecule has 0 aromatic heterocycles. The molecule has 0 spiro atoms. The van der Waals surface area contributed by atoms with Gasteiger partial charge >= 0.3 is 0 Å². The molecule has 0 bridgehead atoms. The summed E-state index contributed by atoms with van der Waals surface area (Å²) >= 11 is 1.43. The van der Waals surface area contributed by atoms with Crippen LogP contribution in [-0.4, -0.2) is 38.8 Å². The minimum absolute atomic E-state index is 0.0123. The van der Waals surface area contributed by atoms with Gasteiger partial charge in [-0.05, 0) is 31.2 Å². The lowest BCUT2D eigenvalue weighted by Gasteiger charge is -2.19. The predicted molar refractivity (Wildman–Crippen MR) is 112 cm³/mol. The number of amides is 1. The summed E-state index contributed by atoms with van der Waals surface area (Å²) < 4.78 is 0. The van der Waals surface area contributed by atoms with Crippen molar-refractivity contribution in [1.29, 1.82) is 5.26 Å². The minimum atomic E-state index is -0.0123. The van der Waals surface area contributed by atoms with Gasteiger partial charge in [-0.15, -0.1) is 11.8 Å². The fourth-order valence-corrected chi connectivity index (χ4v) is 3.41. The van der Waals surface area contributed by atoms with Crippen LogP contribution in [-0.2, 0) is 11.3 Å². The summed E-state index contributed by atoms with van der Waals surface area (Å²) in [5.74, 6) is 0.351. The smallest absolute Gasteiger partial charge is 0.279 e. The van der Waals surface area contributed by atoms with Crippen LogP contribution in [0.5, 0.6) is 0 Å². The van der Waals surface area contributed by atoms with Crippen molar-refractivity contribution in [2.45, 2.75) is 18.4 Å². The first-order valence-corrected chi connectivity index (χ1v) is 10.0. The standard InChI is InChI=1S/C21H26N4OS/c1-4-25(15-17-9-11-18(12-10-17)24(2)3)16-21(26)23-19-7-5-6-8-20(19)27-14-13-22/h5-12H,4,14-16H2,1-3H3,(H,23,26)/p+1. The van der Waals surface area contributed by atoms with Crippen LogP contribution >= 0.6 is 11.8 Å². The van der Waals surface area contributed by atoms with Gasteiger partial charge in [-0.25, -0.2) is 0 Å². The first-order chi connectivity index (χ1) is 13.0. The molecular formula is C21H27N4OS+. The summed E-state index contributed by atoms with van der Waals surface area (Å²) in [7, 11) is 4.05. The zero-order chi connectivity index (χ0) is 19.6. The Bertz CT molecular complexity index is 784. The number of carbonyl (C=O) groups is 1. The molecule has 0 radical (unpaired) electrons. The van der Waals surface area contributed by atoms with E-state index in [9.17, 15) is 4.79 Å². The lowest BCUT2D eigenvalue weighted by atomic mass is 10.2. The van der Waals surface area contributed by atoms with Gasteiger partial charge in [0.05, 0.1) is 24.1 Å². The Labute approximate surface area is 166 Å². The van der Waals surface area contributed by atoms with Crippen molar-refractivity contribution >= 4 is 29.0 Å². The lowest BCUT2D eigenvalue weighted by molar-refractivity contribution is -0.903. The average molecular weight is 384 g/mol. The molecule has 0 heterocycles. The molecule has 6 heteroatoms. The molecular weight excluding hydrogens is 356 g/mol. The van der Waals surface area contributed by atoms with Gasteiger partial charge in [0.25, 0.3) is 5.91 Å². The Balaban J connectivity index is 1.96. The third kappa shape index (κ3) is 6.63. The summed E-state index contributed by atoms with van der Waals surface area (Å²) in [6.07, 6.45) is 0. The van der Waals surface area contributed by atoms with Gasteiger partial charge in [0.1, 0.15) is 6.54 Å². The molecule has 0 saturated carbocycles. The van der Waals surface area contributed by atoms with Crippen LogP contribution in [0.4, 0.5) is 11.4 Å². The largest absolute Gasteiger partial charge is 0.378 e. The molecule has 2 N–H and O–H groups in total. The zero-order valence-electron chi connectivity index (χ0n) is 16.2. The molecule has 142 valence electrons. The van der Waals surface area contributed by atoms with Crippen LogP contribution in [0.1, 0.15) is 12.5 Å². The minimum Gasteiger partial charge on any atom is -0.378 e. The van der Waals surface area contributed by atoms with Crippen molar-refractivity contribution in [2.75, 3.05) is 43.2 Å². The lowest BCUT2D eigenvalue weighted by Crippen LogP contribution is -3.11. The maximum absolute atomic E-state index is 12.5. The van der Waals surface area contributed by atoms with E-state index in [1.165, 1.54) is 27.9 Å². The van der Waals surface area contributed by atoms with Crippen molar-refractivity contribution in [2.24, 2.45) is 0 Å². The SMILES string of the molecule is CC[NH+](CC(=O)Nc1ccccc1SCC#N)Cc1ccc(N(C)C)cc1. The molecule has 27 heavy (non-hydrogen) atoms. The highest BCUT2D eigenvalue weighted by atomic mass is 32.2. The second kappa shape index (κ2) is 10.6. The van der Waals surface area contributed by atoms with Crippen LogP contribution in [0.15, 0.2) is 53.4 Å². The monoisotopic (exact) mass is 383 g/mol. The number of benzene rings is 2. The van der Waals surface area contributed by atoms with E-state index in [2.05, 4.69) is 47.5 Å². The van der Waals surface area contributed by atoms with Crippen molar-refractivity contribution in [3.8, 4) is 6.07 Å². The van der Waals surface area contributed by atoms with Crippen LogP contribution in [0.3, 0.4) is 0 Å². The molecule has 1 amide bonds. The first kappa shape index (κ1) is 20.8. The third-order valence-electron chi connectivity index (χ3n) is 4.27. The third-order valence-corrected chi connectivity index (χ3v) is 5.21. The Morgan fingerprint density at radius 2 is 1.89 bits per heavy atom. The van der Waals surface area contributed by atoms with E-state index >= 15 is 0 Å². The summed E-state index contributed by atoms with van der Waals surface area (Å²) in [4.78, 5) is 16.7. The number of rotatable bonds is 9. The normalized spacial score (nSPS) is 11.5. The quantitative estimate of drug-likeness (QED) is 0.653. The number of hydrogen-bond donors (Lipinski definition) is 2. The van der Waals surface area contributed by atoms with E-state index in [4.69, 9.17) is 5.26 Å². The highest BCUT2D eigenvalue weighted by molar-refractivity contribution is 7.99. The molecule has 0 aliphatic heterocycles. The number of quaternary nitrogens is 1. The van der Waals surface area contributed by atoms with Gasteiger partial charge in [-0.3, -0.25) is 4.79 Å². The molecule has 0 aliphatic rings. The van der Waals surface area contributed by atoms with Crippen LogP contribution in [0.25, 0.3) is 0 Å². The molecule has 0 fully saturated rings. The maximum atomic E-state index is 12.5. The van der Waals surface area contributed by atoms with Gasteiger partial charge < -0.3 is 15.1 Å². The van der Waals surface area contributed by atoms with Gasteiger partial charge in [-0.2, -0.15) is 5.26 Å². The number of nitrogens with one attached hydrogen (secondary N) is 2. The number of para-hydroxylation sites is 1. The Kier molecular flexibility index (Phi) is 8.18. The van der Waals surface area contributed by atoms with Crippen LogP contribution in [0, 0.1) is 11.3 Å². The van der Waals surface area contributed by atoms with Crippen LogP contribution < -0.4 is 15.1 Å². The summed E-state index contributed by atoms with van der Waals surface area (Å²) in [5.41, 5.74) is 3.16. The van der Waals surface area contributed by atoms with Gasteiger partial charge in [0, 0.05) is 30.2 Å². The van der Waals surface area contributed by atoms with Gasteiger partial charge in [0.2, 0.25) is 0 Å². The van der Waals surface area contributed by atoms with Crippen molar-refractivity contribution in [3.05, 3.63) is 54.1 Å². The molecule has 0 aliphatic carbocycles. The maximum Gasteiger partial charge on any atom is 0.279 e. The number of anilines is 2. The average Bonchev–Trinajstić information content (AvgIpc) is 2.67. The van der Waals surface area contributed by atoms with E-state index in [0.29, 0.717) is 12.3 Å². The number of thioether (sulfide) groups is 1. The highest BCUT2D eigenvalue weighted by Gasteiger charge is 2.15. The number of nitrogens with zero attached hydrogens (tertiary/aromatic N) is 2. The van der Waals surface area contributed by atoms with Crippen LogP contribution in [0.2, 0.25) is 0 Å². The second-order valence-electron chi connectivity index (χ2n) is 6.51. The van der Waals surface area contributed by atoms with Crippen molar-refractivity contribution < 1.29 is 9.69 Å². The summed E-state index contributed by atoms with van der Waals surface area (Å²) in [6.45, 7) is 4.17. The predicted octanol–water partition coefficient (Wildman–Crippen LogP) is 2.41. The number of nitriles is 1. The molecule has 5 nitrogen and oxygen atoms in total. The topological polar surface area (TPSA) is 60.6 Å². The number of hydrogen-bond acceptors (Lipinski definition) is 4. The zero-order valence-corrected chi connectivity index (χ0v) is 17.0. The Morgan fingerprint density at radius 3 is 2.52 bits per heavy atom. The molecule has 1 atom stereocenters. The second-order valence-corrected chi connectivity index (χ2v) is 7.53. The highest BCUT2D eigenvalue weighted by Crippen LogP contribution is 2.26. The summed E-state index contributed by atoms with van der Waals surface area (Å²) in [5, 5.41) is 11.8. The van der Waals surface area contributed by atoms with Gasteiger partial charge in [-0.1, -0.05) is 24.3 Å². The molecule has 2 aromatic carbocycles. The van der Waals surface area contributed by atoms with E-state index in [0.717, 1.165) is 23.7 Å². The molecule has 1 unspecified atom stereocenters. The Morgan fingerprint density at radius 1 is 1.19 bits per heavy atom. The first-order valence-electron chi connectivity index (χ1n) is 9.02. The Hall–Kier alpha value is -2.49. The fraction of sp³-hybridized carbons (Fsp3) is 0.333. The number of likely N-dealkylation sites (N-methyl/N-ethyl adjacent to an activating group) is 1. The summed E-state index contributed by atoms with van der Waals surface area (Å²) in [6, 6.07) is 18.2. The van der Waals surface area contributed by atoms with E-state index in [1.54, 1.807) is 0 Å². The van der Waals surface area contributed by atoms with E-state index < -0.39 is 0 Å². The van der Waals surface area contributed by atoms with Crippen molar-refractivity contribution in [1.82, 2.24) is 0 Å². The van der Waals surface area contributed by atoms with E-state index in [1.807, 2.05) is 38.4 Å². The van der Waals surface area contributed by atoms with Crippen molar-refractivity contribution in [3.63, 3.8) is 0 Å². The fourth-order valence-electron chi connectivity index (χ4n) is 2.74. The van der Waals surface area contributed by atoms with Gasteiger partial charge in [0.15, 0.2) is 6.54 Å².